The highest BCUT2D eigenvalue weighted by Crippen LogP contribution is 2.05. The van der Waals surface area contributed by atoms with Crippen LogP contribution in [-0.4, -0.2) is 9.89 Å². The summed E-state index contributed by atoms with van der Waals surface area (Å²) in [5, 5.41) is 4.10. The minimum absolute atomic E-state index is 0.838. The van der Waals surface area contributed by atoms with Crippen molar-refractivity contribution >= 4 is 0 Å². The Morgan fingerprint density at radius 1 is 1.15 bits per heavy atom. The van der Waals surface area contributed by atoms with Crippen molar-refractivity contribution in [2.24, 2.45) is 0 Å². The van der Waals surface area contributed by atoms with Crippen molar-refractivity contribution in [2.45, 2.75) is 6.42 Å². The first-order chi connectivity index (χ1) is 6.34. The Balaban J connectivity index is 2.15. The highest BCUT2D eigenvalue weighted by atomic mass is 15.5. The fourth-order valence-corrected chi connectivity index (χ4v) is 1.28. The lowest BCUT2D eigenvalue weighted by Gasteiger charge is -1.95. The van der Waals surface area contributed by atoms with Gasteiger partial charge in [-0.25, -0.2) is 0 Å². The number of hydrogen-bond donors (Lipinski definition) is 1. The molecule has 0 radical (unpaired) electrons. The molecule has 0 aliphatic heterocycles. The van der Waals surface area contributed by atoms with E-state index in [1.165, 1.54) is 10.4 Å². The average Bonchev–Trinajstić information content (AvgIpc) is 2.53. The average molecular weight is 173 g/mol. The Labute approximate surface area is 76.8 Å². The van der Waals surface area contributed by atoms with Crippen LogP contribution in [0, 0.1) is 0 Å². The van der Waals surface area contributed by atoms with E-state index in [9.17, 15) is 0 Å². The topological polar surface area (TPSA) is 43.8 Å². The second kappa shape index (κ2) is 3.31. The summed E-state index contributed by atoms with van der Waals surface area (Å²) in [7, 11) is 0. The first kappa shape index (κ1) is 7.86. The van der Waals surface area contributed by atoms with Crippen molar-refractivity contribution in [3.63, 3.8) is 0 Å². The van der Waals surface area contributed by atoms with Crippen LogP contribution < -0.4 is 5.84 Å². The standard InChI is InChI=1S/C10H11N3/c11-13-7-6-10(12-13)8-9-4-2-1-3-5-9/h1-7H,8,11H2. The van der Waals surface area contributed by atoms with Gasteiger partial charge in [0, 0.05) is 12.6 Å². The first-order valence-corrected chi connectivity index (χ1v) is 4.18. The lowest BCUT2D eigenvalue weighted by Crippen LogP contribution is -2.08. The van der Waals surface area contributed by atoms with E-state index in [1.54, 1.807) is 6.20 Å². The van der Waals surface area contributed by atoms with Crippen LogP contribution in [0.1, 0.15) is 11.3 Å². The Kier molecular flexibility index (Phi) is 2.00. The molecule has 2 aromatic rings. The molecule has 0 aliphatic carbocycles. The Morgan fingerprint density at radius 3 is 2.54 bits per heavy atom. The number of nitrogens with zero attached hydrogens (tertiary/aromatic N) is 2. The Bertz CT molecular complexity index is 378. The number of nitrogens with two attached hydrogens (primary N) is 1. The van der Waals surface area contributed by atoms with Gasteiger partial charge in [-0.05, 0) is 11.6 Å². The number of rotatable bonds is 2. The molecular formula is C10H11N3. The largest absolute Gasteiger partial charge is 0.323 e. The number of aromatic nitrogens is 2. The van der Waals surface area contributed by atoms with E-state index in [0.29, 0.717) is 0 Å². The van der Waals surface area contributed by atoms with Gasteiger partial charge >= 0.3 is 0 Å². The van der Waals surface area contributed by atoms with E-state index in [1.807, 2.05) is 24.3 Å². The molecule has 0 saturated carbocycles. The van der Waals surface area contributed by atoms with Crippen molar-refractivity contribution in [1.29, 1.82) is 0 Å². The SMILES string of the molecule is Nn1ccc(Cc2ccccc2)n1. The van der Waals surface area contributed by atoms with Gasteiger partial charge in [0.2, 0.25) is 0 Å². The van der Waals surface area contributed by atoms with Crippen LogP contribution in [0.5, 0.6) is 0 Å². The molecule has 1 aromatic carbocycles. The van der Waals surface area contributed by atoms with Crippen LogP contribution in [0.3, 0.4) is 0 Å². The second-order valence-corrected chi connectivity index (χ2v) is 2.95. The predicted molar refractivity (Wildman–Crippen MR) is 51.6 cm³/mol. The summed E-state index contributed by atoms with van der Waals surface area (Å²) in [5.74, 6) is 5.44. The number of hydrogen-bond acceptors (Lipinski definition) is 2. The molecule has 0 unspecified atom stereocenters. The van der Waals surface area contributed by atoms with E-state index < -0.39 is 0 Å². The molecule has 1 aromatic heterocycles. The van der Waals surface area contributed by atoms with E-state index in [2.05, 4.69) is 17.2 Å². The first-order valence-electron chi connectivity index (χ1n) is 4.18. The van der Waals surface area contributed by atoms with Crippen molar-refractivity contribution in [1.82, 2.24) is 9.89 Å². The van der Waals surface area contributed by atoms with Crippen LogP contribution in [0.2, 0.25) is 0 Å². The number of benzene rings is 1. The summed E-state index contributed by atoms with van der Waals surface area (Å²) in [5.41, 5.74) is 2.25. The monoisotopic (exact) mass is 173 g/mol. The molecule has 66 valence electrons. The zero-order chi connectivity index (χ0) is 9.10. The van der Waals surface area contributed by atoms with Gasteiger partial charge in [0.05, 0.1) is 5.69 Å². The van der Waals surface area contributed by atoms with Crippen LogP contribution in [0.4, 0.5) is 0 Å². The predicted octanol–water partition coefficient (Wildman–Crippen LogP) is 1.19. The maximum Gasteiger partial charge on any atom is 0.0689 e. The lowest BCUT2D eigenvalue weighted by atomic mass is 10.1. The highest BCUT2D eigenvalue weighted by Gasteiger charge is 1.97. The summed E-state index contributed by atoms with van der Waals surface area (Å²) in [4.78, 5) is 1.33. The van der Waals surface area contributed by atoms with Gasteiger partial charge in [0.15, 0.2) is 0 Å². The Hall–Kier alpha value is -1.77. The van der Waals surface area contributed by atoms with Gasteiger partial charge in [-0.3, -0.25) is 0 Å². The third-order valence-corrected chi connectivity index (χ3v) is 1.89. The van der Waals surface area contributed by atoms with Crippen LogP contribution in [-0.2, 0) is 6.42 Å². The molecule has 0 aliphatic rings. The van der Waals surface area contributed by atoms with Crippen LogP contribution in [0.15, 0.2) is 42.6 Å². The summed E-state index contributed by atoms with van der Waals surface area (Å²) in [6.45, 7) is 0. The van der Waals surface area contributed by atoms with E-state index in [0.717, 1.165) is 12.1 Å². The zero-order valence-electron chi connectivity index (χ0n) is 7.22. The molecule has 3 nitrogen and oxygen atoms in total. The molecule has 1 heterocycles. The molecule has 2 N–H and O–H groups in total. The summed E-state index contributed by atoms with van der Waals surface area (Å²) in [6, 6.07) is 12.1. The molecule has 0 fully saturated rings. The van der Waals surface area contributed by atoms with Crippen molar-refractivity contribution in [3.05, 3.63) is 53.9 Å². The second-order valence-electron chi connectivity index (χ2n) is 2.95. The lowest BCUT2D eigenvalue weighted by molar-refractivity contribution is 0.806. The third kappa shape index (κ3) is 1.87. The van der Waals surface area contributed by atoms with Gasteiger partial charge < -0.3 is 5.84 Å². The maximum absolute atomic E-state index is 5.44. The summed E-state index contributed by atoms with van der Waals surface area (Å²) in [6.07, 6.45) is 2.59. The van der Waals surface area contributed by atoms with Gasteiger partial charge in [-0.1, -0.05) is 30.3 Å². The van der Waals surface area contributed by atoms with Gasteiger partial charge in [-0.15, -0.1) is 0 Å². The summed E-state index contributed by atoms with van der Waals surface area (Å²) < 4.78 is 0. The van der Waals surface area contributed by atoms with Crippen molar-refractivity contribution in [3.8, 4) is 0 Å². The molecule has 0 bridgehead atoms. The molecule has 2 rings (SSSR count). The molecule has 0 saturated heterocycles. The third-order valence-electron chi connectivity index (χ3n) is 1.89. The molecule has 0 atom stereocenters. The minimum Gasteiger partial charge on any atom is -0.323 e. The molecular weight excluding hydrogens is 162 g/mol. The fraction of sp³-hybridized carbons (Fsp3) is 0.100. The van der Waals surface area contributed by atoms with Gasteiger partial charge in [0.25, 0.3) is 0 Å². The number of nitrogen functional groups attached to an aromatic ring is 1. The molecule has 13 heavy (non-hydrogen) atoms. The van der Waals surface area contributed by atoms with Crippen LogP contribution in [0.25, 0.3) is 0 Å². The van der Waals surface area contributed by atoms with E-state index in [-0.39, 0.29) is 0 Å². The normalized spacial score (nSPS) is 10.2. The van der Waals surface area contributed by atoms with E-state index >= 15 is 0 Å². The Morgan fingerprint density at radius 2 is 1.92 bits per heavy atom. The highest BCUT2D eigenvalue weighted by molar-refractivity contribution is 5.20. The molecule has 0 spiro atoms. The zero-order valence-corrected chi connectivity index (χ0v) is 7.22. The van der Waals surface area contributed by atoms with E-state index in [4.69, 9.17) is 5.84 Å². The quantitative estimate of drug-likeness (QED) is 0.693. The van der Waals surface area contributed by atoms with Crippen LogP contribution >= 0.6 is 0 Å². The molecule has 0 amide bonds. The smallest absolute Gasteiger partial charge is 0.0689 e. The minimum atomic E-state index is 0.838. The summed E-state index contributed by atoms with van der Waals surface area (Å²) >= 11 is 0. The van der Waals surface area contributed by atoms with Crippen molar-refractivity contribution < 1.29 is 0 Å². The van der Waals surface area contributed by atoms with Crippen molar-refractivity contribution in [2.75, 3.05) is 5.84 Å². The molecule has 3 heteroatoms. The van der Waals surface area contributed by atoms with Gasteiger partial charge in [0.1, 0.15) is 0 Å². The maximum atomic E-state index is 5.44. The van der Waals surface area contributed by atoms with Gasteiger partial charge in [-0.2, -0.15) is 9.89 Å². The fourth-order valence-electron chi connectivity index (χ4n) is 1.28.